The van der Waals surface area contributed by atoms with Crippen molar-refractivity contribution in [3.8, 4) is 5.75 Å². The highest BCUT2D eigenvalue weighted by atomic mass is 35.5. The number of phenols is 1. The first-order valence-corrected chi connectivity index (χ1v) is 9.04. The van der Waals surface area contributed by atoms with Gasteiger partial charge in [-0.2, -0.15) is 5.10 Å². The standard InChI is InChI=1S/C19H19Cl2N3O3/c1-2-16(12-3-6-14(25)7-4-12)23-24-19(27)10-9-18(26)22-17-8-5-13(20)11-15(17)21/h3-8,11,25H,2,9-10H2,1H3,(H,22,26)(H,24,27). The first-order valence-electron chi connectivity index (χ1n) is 8.28. The van der Waals surface area contributed by atoms with E-state index in [4.69, 9.17) is 23.2 Å². The molecule has 6 nitrogen and oxygen atoms in total. The molecule has 0 aliphatic carbocycles. The third kappa shape index (κ3) is 6.58. The lowest BCUT2D eigenvalue weighted by Gasteiger charge is -2.08. The highest BCUT2D eigenvalue weighted by molar-refractivity contribution is 6.36. The largest absolute Gasteiger partial charge is 0.508 e. The minimum atomic E-state index is -0.378. The highest BCUT2D eigenvalue weighted by Gasteiger charge is 2.10. The van der Waals surface area contributed by atoms with Crippen LogP contribution < -0.4 is 10.7 Å². The Balaban J connectivity index is 1.85. The van der Waals surface area contributed by atoms with Crippen LogP contribution in [0.3, 0.4) is 0 Å². The maximum absolute atomic E-state index is 12.0. The quantitative estimate of drug-likeness (QED) is 0.470. The van der Waals surface area contributed by atoms with Crippen molar-refractivity contribution in [3.63, 3.8) is 0 Å². The molecule has 2 rings (SSSR count). The van der Waals surface area contributed by atoms with Crippen LogP contribution in [-0.2, 0) is 9.59 Å². The summed E-state index contributed by atoms with van der Waals surface area (Å²) in [5.41, 5.74) is 4.35. The van der Waals surface area contributed by atoms with E-state index in [9.17, 15) is 14.7 Å². The molecule has 2 aromatic rings. The van der Waals surface area contributed by atoms with Gasteiger partial charge in [0, 0.05) is 17.9 Å². The summed E-state index contributed by atoms with van der Waals surface area (Å²) in [6.07, 6.45) is 0.564. The van der Waals surface area contributed by atoms with Crippen LogP contribution in [0.1, 0.15) is 31.7 Å². The Labute approximate surface area is 167 Å². The molecule has 0 saturated carbocycles. The minimum Gasteiger partial charge on any atom is -0.508 e. The summed E-state index contributed by atoms with van der Waals surface area (Å²) in [5.74, 6) is -0.560. The molecule has 0 bridgehead atoms. The molecule has 0 spiro atoms. The Morgan fingerprint density at radius 1 is 1.04 bits per heavy atom. The van der Waals surface area contributed by atoms with Gasteiger partial charge >= 0.3 is 0 Å². The zero-order chi connectivity index (χ0) is 19.8. The van der Waals surface area contributed by atoms with Gasteiger partial charge < -0.3 is 10.4 Å². The molecular formula is C19H19Cl2N3O3. The Hall–Kier alpha value is -2.57. The van der Waals surface area contributed by atoms with Gasteiger partial charge in [-0.1, -0.05) is 30.1 Å². The van der Waals surface area contributed by atoms with Gasteiger partial charge in [0.05, 0.1) is 16.4 Å². The van der Waals surface area contributed by atoms with Crippen LogP contribution in [0.2, 0.25) is 10.0 Å². The van der Waals surface area contributed by atoms with Crippen LogP contribution in [-0.4, -0.2) is 22.6 Å². The van der Waals surface area contributed by atoms with E-state index in [2.05, 4.69) is 15.8 Å². The van der Waals surface area contributed by atoms with Crippen LogP contribution in [0.15, 0.2) is 47.6 Å². The second kappa shape index (κ2) is 9.94. The molecule has 3 N–H and O–H groups in total. The van der Waals surface area contributed by atoms with E-state index in [1.54, 1.807) is 36.4 Å². The first-order chi connectivity index (χ1) is 12.9. The lowest BCUT2D eigenvalue weighted by atomic mass is 10.1. The second-order valence-electron chi connectivity index (χ2n) is 5.67. The Morgan fingerprint density at radius 3 is 2.33 bits per heavy atom. The summed E-state index contributed by atoms with van der Waals surface area (Å²) in [5, 5.41) is 16.8. The molecule has 0 aliphatic rings. The van der Waals surface area contributed by atoms with Crippen LogP contribution in [0, 0.1) is 0 Å². The highest BCUT2D eigenvalue weighted by Crippen LogP contribution is 2.25. The minimum absolute atomic E-state index is 0.0129. The van der Waals surface area contributed by atoms with Gasteiger partial charge in [0.25, 0.3) is 0 Å². The first kappa shape index (κ1) is 20.7. The topological polar surface area (TPSA) is 90.8 Å². The average molecular weight is 408 g/mol. The van der Waals surface area contributed by atoms with Crippen molar-refractivity contribution in [1.29, 1.82) is 0 Å². The van der Waals surface area contributed by atoms with E-state index >= 15 is 0 Å². The maximum Gasteiger partial charge on any atom is 0.240 e. The molecule has 0 atom stereocenters. The number of aromatic hydroxyl groups is 1. The molecule has 0 aliphatic heterocycles. The van der Waals surface area contributed by atoms with Crippen molar-refractivity contribution in [2.45, 2.75) is 26.2 Å². The molecule has 0 heterocycles. The normalized spacial score (nSPS) is 11.1. The van der Waals surface area contributed by atoms with Gasteiger partial charge in [0.15, 0.2) is 0 Å². The third-order valence-corrected chi connectivity index (χ3v) is 4.18. The van der Waals surface area contributed by atoms with E-state index in [0.717, 1.165) is 5.56 Å². The predicted molar refractivity (Wildman–Crippen MR) is 107 cm³/mol. The predicted octanol–water partition coefficient (Wildman–Crippen LogP) is 4.35. The van der Waals surface area contributed by atoms with Crippen molar-refractivity contribution in [2.24, 2.45) is 5.10 Å². The number of hydrazone groups is 1. The van der Waals surface area contributed by atoms with Crippen molar-refractivity contribution < 1.29 is 14.7 Å². The molecular weight excluding hydrogens is 389 g/mol. The average Bonchev–Trinajstić information content (AvgIpc) is 2.64. The number of halogens is 2. The Kier molecular flexibility index (Phi) is 7.64. The van der Waals surface area contributed by atoms with Crippen molar-refractivity contribution in [3.05, 3.63) is 58.1 Å². The van der Waals surface area contributed by atoms with Gasteiger partial charge in [0.2, 0.25) is 11.8 Å². The number of carbonyl (C=O) groups is 2. The maximum atomic E-state index is 12.0. The molecule has 2 amide bonds. The lowest BCUT2D eigenvalue weighted by Crippen LogP contribution is -2.22. The monoisotopic (exact) mass is 407 g/mol. The molecule has 0 fully saturated rings. The molecule has 142 valence electrons. The van der Waals surface area contributed by atoms with Gasteiger partial charge in [0.1, 0.15) is 5.75 Å². The number of benzene rings is 2. The number of nitrogens with one attached hydrogen (secondary N) is 2. The number of rotatable bonds is 7. The van der Waals surface area contributed by atoms with Gasteiger partial charge in [-0.05, 0) is 54.4 Å². The molecule has 0 unspecified atom stereocenters. The number of phenolic OH excluding ortho intramolecular Hbond substituents is 1. The van der Waals surface area contributed by atoms with Crippen LogP contribution in [0.25, 0.3) is 0 Å². The van der Waals surface area contributed by atoms with E-state index in [-0.39, 0.29) is 30.4 Å². The number of anilines is 1. The number of hydrogen-bond donors (Lipinski definition) is 3. The van der Waals surface area contributed by atoms with Gasteiger partial charge in [-0.25, -0.2) is 5.43 Å². The number of amides is 2. The molecule has 0 radical (unpaired) electrons. The van der Waals surface area contributed by atoms with E-state index < -0.39 is 0 Å². The molecule has 27 heavy (non-hydrogen) atoms. The van der Waals surface area contributed by atoms with Crippen LogP contribution >= 0.6 is 23.2 Å². The van der Waals surface area contributed by atoms with Crippen LogP contribution in [0.5, 0.6) is 5.75 Å². The molecule has 2 aromatic carbocycles. The van der Waals surface area contributed by atoms with E-state index in [1.807, 2.05) is 6.92 Å². The number of hydrogen-bond acceptors (Lipinski definition) is 4. The number of nitrogens with zero attached hydrogens (tertiary/aromatic N) is 1. The summed E-state index contributed by atoms with van der Waals surface area (Å²) in [6, 6.07) is 11.3. The Morgan fingerprint density at radius 2 is 1.70 bits per heavy atom. The number of carbonyl (C=O) groups excluding carboxylic acids is 2. The SMILES string of the molecule is CCC(=NNC(=O)CCC(=O)Nc1ccc(Cl)cc1Cl)c1ccc(O)cc1. The van der Waals surface area contributed by atoms with Crippen LogP contribution in [0.4, 0.5) is 5.69 Å². The zero-order valence-electron chi connectivity index (χ0n) is 14.6. The van der Waals surface area contributed by atoms with Crippen molar-refractivity contribution in [1.82, 2.24) is 5.43 Å². The third-order valence-electron chi connectivity index (χ3n) is 3.64. The zero-order valence-corrected chi connectivity index (χ0v) is 16.1. The summed E-state index contributed by atoms with van der Waals surface area (Å²) < 4.78 is 0. The van der Waals surface area contributed by atoms with Crippen molar-refractivity contribution >= 4 is 46.4 Å². The summed E-state index contributed by atoms with van der Waals surface area (Å²) >= 11 is 11.8. The lowest BCUT2D eigenvalue weighted by molar-refractivity contribution is -0.124. The van der Waals surface area contributed by atoms with Crippen molar-refractivity contribution in [2.75, 3.05) is 5.32 Å². The fraction of sp³-hybridized carbons (Fsp3) is 0.211. The molecule has 8 heteroatoms. The fourth-order valence-electron chi connectivity index (χ4n) is 2.22. The summed E-state index contributed by atoms with van der Waals surface area (Å²) in [4.78, 5) is 23.9. The van der Waals surface area contributed by atoms with Gasteiger partial charge in [-0.15, -0.1) is 0 Å². The van der Waals surface area contributed by atoms with E-state index in [0.29, 0.717) is 27.9 Å². The fourth-order valence-corrected chi connectivity index (χ4v) is 2.67. The summed E-state index contributed by atoms with van der Waals surface area (Å²) in [6.45, 7) is 1.90. The second-order valence-corrected chi connectivity index (χ2v) is 6.51. The van der Waals surface area contributed by atoms with Gasteiger partial charge in [-0.3, -0.25) is 9.59 Å². The summed E-state index contributed by atoms with van der Waals surface area (Å²) in [7, 11) is 0. The Bertz CT molecular complexity index is 852. The smallest absolute Gasteiger partial charge is 0.240 e. The molecule has 0 aromatic heterocycles. The van der Waals surface area contributed by atoms with E-state index in [1.165, 1.54) is 6.07 Å². The molecule has 0 saturated heterocycles.